The van der Waals surface area contributed by atoms with Crippen molar-refractivity contribution >= 4 is 8.60 Å². The molecular weight excluding hydrogens is 211 g/mol. The first-order valence-corrected chi connectivity index (χ1v) is 5.99. The van der Waals surface area contributed by atoms with Crippen molar-refractivity contribution in [2.24, 2.45) is 0 Å². The zero-order valence-electron chi connectivity index (χ0n) is 9.34. The molecule has 0 heterocycles. The van der Waals surface area contributed by atoms with Crippen LogP contribution in [0.25, 0.3) is 0 Å². The average molecular weight is 228 g/mol. The molecule has 0 saturated heterocycles. The van der Waals surface area contributed by atoms with Crippen molar-refractivity contribution in [1.82, 2.24) is 0 Å². The fraction of sp³-hybridized carbons (Fsp3) is 0.455. The van der Waals surface area contributed by atoms with E-state index in [4.69, 9.17) is 13.6 Å². The monoisotopic (exact) mass is 228 g/mol. The van der Waals surface area contributed by atoms with Gasteiger partial charge in [0.05, 0.1) is 12.7 Å². The Kier molecular flexibility index (Phi) is 5.81. The maximum absolute atomic E-state index is 5.51. The second kappa shape index (κ2) is 6.91. The van der Waals surface area contributed by atoms with Crippen molar-refractivity contribution in [3.05, 3.63) is 35.9 Å². The molecule has 0 aliphatic heterocycles. The fourth-order valence-electron chi connectivity index (χ4n) is 1.000. The second-order valence-corrected chi connectivity index (χ2v) is 4.60. The van der Waals surface area contributed by atoms with Crippen LogP contribution < -0.4 is 0 Å². The lowest BCUT2D eigenvalue weighted by Crippen LogP contribution is -2.01. The Labute approximate surface area is 92.4 Å². The summed E-state index contributed by atoms with van der Waals surface area (Å²) in [6.45, 7) is 4.44. The Morgan fingerprint density at radius 3 is 2.40 bits per heavy atom. The van der Waals surface area contributed by atoms with Crippen molar-refractivity contribution in [2.45, 2.75) is 26.6 Å². The molecule has 1 rings (SSSR count). The van der Waals surface area contributed by atoms with Gasteiger partial charge in [0.25, 0.3) is 0 Å². The Balaban J connectivity index is 2.34. The standard InChI is InChI=1S/C11H17O3P/c1-10(2)14-15(12-3)13-9-11-7-5-4-6-8-11/h4-8,10H,9H2,1-3H3. The third kappa shape index (κ3) is 5.24. The summed E-state index contributed by atoms with van der Waals surface area (Å²) in [5.41, 5.74) is 1.12. The predicted octanol–water partition coefficient (Wildman–Crippen LogP) is 3.50. The number of rotatable bonds is 6. The van der Waals surface area contributed by atoms with Crippen LogP contribution in [0.1, 0.15) is 19.4 Å². The number of benzene rings is 1. The van der Waals surface area contributed by atoms with E-state index in [1.54, 1.807) is 7.11 Å². The number of hydrogen-bond donors (Lipinski definition) is 0. The van der Waals surface area contributed by atoms with Crippen molar-refractivity contribution in [2.75, 3.05) is 7.11 Å². The molecule has 1 unspecified atom stereocenters. The SMILES string of the molecule is COP(OCc1ccccc1)OC(C)C. The minimum absolute atomic E-state index is 0.117. The van der Waals surface area contributed by atoms with Gasteiger partial charge in [0, 0.05) is 7.11 Å². The van der Waals surface area contributed by atoms with E-state index in [0.29, 0.717) is 6.61 Å². The highest BCUT2D eigenvalue weighted by molar-refractivity contribution is 7.41. The van der Waals surface area contributed by atoms with E-state index in [-0.39, 0.29) is 6.10 Å². The summed E-state index contributed by atoms with van der Waals surface area (Å²) < 4.78 is 16.1. The minimum Gasteiger partial charge on any atom is -0.316 e. The van der Waals surface area contributed by atoms with Gasteiger partial charge in [-0.15, -0.1) is 0 Å². The molecule has 0 aromatic heterocycles. The molecule has 3 nitrogen and oxygen atoms in total. The highest BCUT2D eigenvalue weighted by Crippen LogP contribution is 2.40. The molecule has 4 heteroatoms. The van der Waals surface area contributed by atoms with Crippen molar-refractivity contribution < 1.29 is 13.6 Å². The Bertz CT molecular complexity index is 264. The van der Waals surface area contributed by atoms with Gasteiger partial charge in [-0.25, -0.2) is 0 Å². The summed E-state index contributed by atoms with van der Waals surface area (Å²) in [5.74, 6) is 0. The molecule has 0 fully saturated rings. The van der Waals surface area contributed by atoms with Gasteiger partial charge in [0.1, 0.15) is 0 Å². The normalized spacial score (nSPS) is 13.1. The van der Waals surface area contributed by atoms with Gasteiger partial charge in [-0.05, 0) is 19.4 Å². The highest BCUT2D eigenvalue weighted by atomic mass is 31.2. The zero-order chi connectivity index (χ0) is 11.1. The van der Waals surface area contributed by atoms with Crippen LogP contribution in [0.2, 0.25) is 0 Å². The van der Waals surface area contributed by atoms with Crippen LogP contribution in [0.15, 0.2) is 30.3 Å². The lowest BCUT2D eigenvalue weighted by atomic mass is 10.2. The molecule has 0 radical (unpaired) electrons. The van der Waals surface area contributed by atoms with Gasteiger partial charge in [-0.3, -0.25) is 0 Å². The zero-order valence-corrected chi connectivity index (χ0v) is 10.2. The van der Waals surface area contributed by atoms with Crippen molar-refractivity contribution in [3.8, 4) is 0 Å². The molecule has 0 spiro atoms. The van der Waals surface area contributed by atoms with E-state index in [0.717, 1.165) is 5.56 Å². The summed E-state index contributed by atoms with van der Waals surface area (Å²) in [6.07, 6.45) is 0.117. The molecule has 0 aliphatic rings. The summed E-state index contributed by atoms with van der Waals surface area (Å²) in [5, 5.41) is 0. The van der Waals surface area contributed by atoms with E-state index < -0.39 is 8.60 Å². The van der Waals surface area contributed by atoms with Crippen molar-refractivity contribution in [1.29, 1.82) is 0 Å². The molecule has 0 aliphatic carbocycles. The first kappa shape index (κ1) is 12.6. The molecule has 1 aromatic rings. The van der Waals surface area contributed by atoms with E-state index >= 15 is 0 Å². The van der Waals surface area contributed by atoms with Gasteiger partial charge in [-0.1, -0.05) is 30.3 Å². The van der Waals surface area contributed by atoms with Gasteiger partial charge >= 0.3 is 8.60 Å². The van der Waals surface area contributed by atoms with Gasteiger partial charge in [0.15, 0.2) is 0 Å². The molecule has 84 valence electrons. The first-order valence-electron chi connectivity index (χ1n) is 4.90. The second-order valence-electron chi connectivity index (χ2n) is 3.32. The summed E-state index contributed by atoms with van der Waals surface area (Å²) in [6, 6.07) is 9.97. The summed E-state index contributed by atoms with van der Waals surface area (Å²) in [7, 11) is 0.375. The Morgan fingerprint density at radius 1 is 1.20 bits per heavy atom. The molecule has 0 saturated carbocycles. The van der Waals surface area contributed by atoms with Crippen LogP contribution in [0.3, 0.4) is 0 Å². The molecule has 0 N–H and O–H groups in total. The van der Waals surface area contributed by atoms with Gasteiger partial charge in [0.2, 0.25) is 0 Å². The molecule has 1 aromatic carbocycles. The first-order chi connectivity index (χ1) is 7.22. The van der Waals surface area contributed by atoms with Crippen molar-refractivity contribution in [3.63, 3.8) is 0 Å². The largest absolute Gasteiger partial charge is 0.332 e. The summed E-state index contributed by atoms with van der Waals surface area (Å²) in [4.78, 5) is 0. The van der Waals surface area contributed by atoms with E-state index in [2.05, 4.69) is 0 Å². The lowest BCUT2D eigenvalue weighted by molar-refractivity contribution is 0.145. The van der Waals surface area contributed by atoms with Gasteiger partial charge in [-0.2, -0.15) is 0 Å². The Hall–Kier alpha value is -0.470. The summed E-state index contributed by atoms with van der Waals surface area (Å²) >= 11 is 0. The lowest BCUT2D eigenvalue weighted by Gasteiger charge is -2.16. The topological polar surface area (TPSA) is 27.7 Å². The average Bonchev–Trinajstić information content (AvgIpc) is 2.25. The smallest absolute Gasteiger partial charge is 0.316 e. The van der Waals surface area contributed by atoms with Crippen LogP contribution >= 0.6 is 8.60 Å². The quantitative estimate of drug-likeness (QED) is 0.697. The molecule has 0 amide bonds. The molecule has 15 heavy (non-hydrogen) atoms. The molecule has 1 atom stereocenters. The van der Waals surface area contributed by atoms with Crippen LogP contribution in [0.5, 0.6) is 0 Å². The maximum Gasteiger partial charge on any atom is 0.332 e. The fourth-order valence-corrected chi connectivity index (χ4v) is 1.85. The van der Waals surface area contributed by atoms with Crippen LogP contribution in [-0.4, -0.2) is 13.2 Å². The van der Waals surface area contributed by atoms with Crippen LogP contribution in [-0.2, 0) is 20.2 Å². The third-order valence-electron chi connectivity index (χ3n) is 1.63. The van der Waals surface area contributed by atoms with Crippen LogP contribution in [0, 0.1) is 0 Å². The van der Waals surface area contributed by atoms with E-state index in [1.807, 2.05) is 44.2 Å². The van der Waals surface area contributed by atoms with Gasteiger partial charge < -0.3 is 13.6 Å². The van der Waals surface area contributed by atoms with E-state index in [9.17, 15) is 0 Å². The third-order valence-corrected chi connectivity index (χ3v) is 2.86. The maximum atomic E-state index is 5.51. The predicted molar refractivity (Wildman–Crippen MR) is 61.4 cm³/mol. The molecular formula is C11H17O3P. The Morgan fingerprint density at radius 2 is 1.87 bits per heavy atom. The van der Waals surface area contributed by atoms with Crippen LogP contribution in [0.4, 0.5) is 0 Å². The molecule has 0 bridgehead atoms. The highest BCUT2D eigenvalue weighted by Gasteiger charge is 2.12. The minimum atomic E-state index is -1.22. The number of hydrogen-bond acceptors (Lipinski definition) is 3. The van der Waals surface area contributed by atoms with E-state index in [1.165, 1.54) is 0 Å².